The van der Waals surface area contributed by atoms with Gasteiger partial charge in [0.1, 0.15) is 4.21 Å². The van der Waals surface area contributed by atoms with E-state index in [2.05, 4.69) is 4.72 Å². The highest BCUT2D eigenvalue weighted by atomic mass is 35.5. The second-order valence-electron chi connectivity index (χ2n) is 4.14. The van der Waals surface area contributed by atoms with Crippen LogP contribution in [0, 0.1) is 5.92 Å². The number of hydrogen-bond acceptors (Lipinski definition) is 4. The van der Waals surface area contributed by atoms with Crippen LogP contribution in [0.2, 0.25) is 4.34 Å². The Morgan fingerprint density at radius 1 is 1.53 bits per heavy atom. The van der Waals surface area contributed by atoms with Crippen LogP contribution in [0.1, 0.15) is 19.3 Å². The molecule has 1 atom stereocenters. The molecule has 7 heteroatoms. The summed E-state index contributed by atoms with van der Waals surface area (Å²) in [6.45, 7) is -0.00508. The SMILES string of the molecule is O=S(=O)(NC(CCO)C1CC1)c1ccc(Cl)s1. The molecule has 17 heavy (non-hydrogen) atoms. The molecule has 1 aliphatic carbocycles. The van der Waals surface area contributed by atoms with Crippen molar-refractivity contribution in [3.63, 3.8) is 0 Å². The van der Waals surface area contributed by atoms with Crippen molar-refractivity contribution >= 4 is 33.0 Å². The fraction of sp³-hybridized carbons (Fsp3) is 0.600. The van der Waals surface area contributed by atoms with E-state index in [0.717, 1.165) is 24.2 Å². The third-order valence-corrected chi connectivity index (χ3v) is 5.96. The van der Waals surface area contributed by atoms with Crippen LogP contribution < -0.4 is 4.72 Å². The summed E-state index contributed by atoms with van der Waals surface area (Å²) >= 11 is 6.76. The van der Waals surface area contributed by atoms with Gasteiger partial charge in [-0.15, -0.1) is 11.3 Å². The standard InChI is InChI=1S/C10H14ClNO3S2/c11-9-3-4-10(16-9)17(14,15)12-8(5-6-13)7-1-2-7/h3-4,7-8,12-13H,1-2,5-6H2. The van der Waals surface area contributed by atoms with Gasteiger partial charge in [0.05, 0.1) is 4.34 Å². The number of thiophene rings is 1. The maximum Gasteiger partial charge on any atom is 0.250 e. The van der Waals surface area contributed by atoms with Gasteiger partial charge >= 0.3 is 0 Å². The maximum atomic E-state index is 12.0. The van der Waals surface area contributed by atoms with Gasteiger partial charge in [-0.1, -0.05) is 11.6 Å². The first-order valence-electron chi connectivity index (χ1n) is 5.41. The first-order valence-corrected chi connectivity index (χ1v) is 8.09. The summed E-state index contributed by atoms with van der Waals surface area (Å²) in [4.78, 5) is 0. The summed E-state index contributed by atoms with van der Waals surface area (Å²) < 4.78 is 27.4. The van der Waals surface area contributed by atoms with Crippen molar-refractivity contribution in [1.29, 1.82) is 0 Å². The summed E-state index contributed by atoms with van der Waals surface area (Å²) in [5.74, 6) is 0.368. The molecule has 1 fully saturated rings. The van der Waals surface area contributed by atoms with Gasteiger partial charge in [-0.05, 0) is 37.3 Å². The van der Waals surface area contributed by atoms with Crippen LogP contribution in [0.4, 0.5) is 0 Å². The van der Waals surface area contributed by atoms with Crippen LogP contribution in [-0.4, -0.2) is 26.2 Å². The summed E-state index contributed by atoms with van der Waals surface area (Å²) in [7, 11) is -3.49. The number of aliphatic hydroxyl groups excluding tert-OH is 1. The van der Waals surface area contributed by atoms with E-state index in [9.17, 15) is 8.42 Å². The molecular weight excluding hydrogens is 282 g/mol. The average molecular weight is 296 g/mol. The van der Waals surface area contributed by atoms with Crippen LogP contribution >= 0.6 is 22.9 Å². The third kappa shape index (κ3) is 3.42. The monoisotopic (exact) mass is 295 g/mol. The van der Waals surface area contributed by atoms with Gasteiger partial charge in [0, 0.05) is 12.6 Å². The number of nitrogens with one attached hydrogen (secondary N) is 1. The van der Waals surface area contributed by atoms with Gasteiger partial charge in [0.2, 0.25) is 10.0 Å². The fourth-order valence-corrected chi connectivity index (χ4v) is 4.57. The molecule has 1 aromatic rings. The van der Waals surface area contributed by atoms with Crippen molar-refractivity contribution in [2.45, 2.75) is 29.5 Å². The first kappa shape index (κ1) is 13.3. The van der Waals surface area contributed by atoms with Crippen LogP contribution in [0.5, 0.6) is 0 Å². The zero-order valence-corrected chi connectivity index (χ0v) is 11.5. The molecule has 1 unspecified atom stereocenters. The fourth-order valence-electron chi connectivity index (χ4n) is 1.73. The third-order valence-electron chi connectivity index (χ3n) is 2.75. The summed E-state index contributed by atoms with van der Waals surface area (Å²) in [6, 6.07) is 2.91. The minimum atomic E-state index is -3.49. The molecule has 0 aromatic carbocycles. The maximum absolute atomic E-state index is 12.0. The van der Waals surface area contributed by atoms with Crippen molar-refractivity contribution in [2.24, 2.45) is 5.92 Å². The topological polar surface area (TPSA) is 66.4 Å². The lowest BCUT2D eigenvalue weighted by Gasteiger charge is -2.16. The Hall–Kier alpha value is -0.140. The molecule has 2 rings (SSSR count). The van der Waals surface area contributed by atoms with E-state index < -0.39 is 10.0 Å². The highest BCUT2D eigenvalue weighted by molar-refractivity contribution is 7.91. The second-order valence-corrected chi connectivity index (χ2v) is 7.79. The molecule has 0 aliphatic heterocycles. The molecule has 0 amide bonds. The summed E-state index contributed by atoms with van der Waals surface area (Å²) in [5, 5.41) is 8.93. The van der Waals surface area contributed by atoms with Gasteiger partial charge in [0.25, 0.3) is 0 Å². The average Bonchev–Trinajstić information content (AvgIpc) is 3.00. The number of sulfonamides is 1. The van der Waals surface area contributed by atoms with Crippen LogP contribution in [0.25, 0.3) is 0 Å². The molecule has 1 aromatic heterocycles. The Bertz CT molecular complexity index is 481. The Balaban J connectivity index is 2.10. The van der Waals surface area contributed by atoms with E-state index in [1.54, 1.807) is 6.07 Å². The summed E-state index contributed by atoms with van der Waals surface area (Å²) in [6.07, 6.45) is 2.51. The van der Waals surface area contributed by atoms with Gasteiger partial charge in [0.15, 0.2) is 0 Å². The molecule has 1 aliphatic rings. The number of rotatable bonds is 6. The van der Waals surface area contributed by atoms with E-state index in [1.165, 1.54) is 6.07 Å². The molecule has 0 saturated heterocycles. The van der Waals surface area contributed by atoms with Crippen molar-refractivity contribution in [3.05, 3.63) is 16.5 Å². The molecule has 1 heterocycles. The van der Waals surface area contributed by atoms with Crippen molar-refractivity contribution < 1.29 is 13.5 Å². The lowest BCUT2D eigenvalue weighted by atomic mass is 10.1. The molecular formula is C10H14ClNO3S2. The van der Waals surface area contributed by atoms with Gasteiger partial charge in [-0.2, -0.15) is 0 Å². The molecule has 96 valence electrons. The van der Waals surface area contributed by atoms with E-state index in [-0.39, 0.29) is 16.9 Å². The predicted molar refractivity (Wildman–Crippen MR) is 67.9 cm³/mol. The van der Waals surface area contributed by atoms with Gasteiger partial charge in [-0.25, -0.2) is 13.1 Å². The van der Waals surface area contributed by atoms with Crippen molar-refractivity contribution in [2.75, 3.05) is 6.61 Å². The van der Waals surface area contributed by atoms with Crippen LogP contribution in [0.3, 0.4) is 0 Å². The molecule has 4 nitrogen and oxygen atoms in total. The Labute approximate surface area is 110 Å². The van der Waals surface area contributed by atoms with E-state index in [1.807, 2.05) is 0 Å². The lowest BCUT2D eigenvalue weighted by Crippen LogP contribution is -2.36. The highest BCUT2D eigenvalue weighted by Crippen LogP contribution is 2.35. The number of halogens is 1. The summed E-state index contributed by atoms with van der Waals surface area (Å²) in [5.41, 5.74) is 0. The first-order chi connectivity index (χ1) is 8.03. The molecule has 2 N–H and O–H groups in total. The van der Waals surface area contributed by atoms with Crippen LogP contribution in [-0.2, 0) is 10.0 Å². The normalized spacial score (nSPS) is 18.2. The number of hydrogen-bond donors (Lipinski definition) is 2. The quantitative estimate of drug-likeness (QED) is 0.841. The Kier molecular flexibility index (Phi) is 4.10. The second kappa shape index (κ2) is 5.24. The molecule has 1 saturated carbocycles. The highest BCUT2D eigenvalue weighted by Gasteiger charge is 2.34. The Morgan fingerprint density at radius 3 is 2.71 bits per heavy atom. The van der Waals surface area contributed by atoms with Crippen LogP contribution in [0.15, 0.2) is 16.3 Å². The van der Waals surface area contributed by atoms with Gasteiger partial charge < -0.3 is 5.11 Å². The largest absolute Gasteiger partial charge is 0.396 e. The number of aliphatic hydroxyl groups is 1. The minimum absolute atomic E-state index is 0.00508. The molecule has 0 radical (unpaired) electrons. The predicted octanol–water partition coefficient (Wildman–Crippen LogP) is 1.84. The van der Waals surface area contributed by atoms with Gasteiger partial charge in [-0.3, -0.25) is 0 Å². The zero-order valence-electron chi connectivity index (χ0n) is 9.10. The zero-order chi connectivity index (χ0) is 12.5. The molecule has 0 bridgehead atoms. The van der Waals surface area contributed by atoms with E-state index >= 15 is 0 Å². The smallest absolute Gasteiger partial charge is 0.250 e. The van der Waals surface area contributed by atoms with Crippen molar-refractivity contribution in [1.82, 2.24) is 4.72 Å². The van der Waals surface area contributed by atoms with Crippen molar-refractivity contribution in [3.8, 4) is 0 Å². The Morgan fingerprint density at radius 2 is 2.24 bits per heavy atom. The lowest BCUT2D eigenvalue weighted by molar-refractivity contribution is 0.265. The molecule has 0 spiro atoms. The minimum Gasteiger partial charge on any atom is -0.396 e. The van der Waals surface area contributed by atoms with E-state index in [0.29, 0.717) is 16.7 Å². The van der Waals surface area contributed by atoms with E-state index in [4.69, 9.17) is 16.7 Å².